The fourth-order valence-corrected chi connectivity index (χ4v) is 1.43. The van der Waals surface area contributed by atoms with Crippen molar-refractivity contribution in [3.63, 3.8) is 0 Å². The van der Waals surface area contributed by atoms with Gasteiger partial charge in [-0.25, -0.2) is 5.14 Å². The Morgan fingerprint density at radius 1 is 1.60 bits per heavy atom. The predicted octanol–water partition coefficient (Wildman–Crippen LogP) is -1.16. The van der Waals surface area contributed by atoms with E-state index in [9.17, 15) is 8.42 Å². The molecule has 0 aromatic rings. The second-order valence-corrected chi connectivity index (χ2v) is 3.64. The van der Waals surface area contributed by atoms with Gasteiger partial charge in [-0.1, -0.05) is 0 Å². The summed E-state index contributed by atoms with van der Waals surface area (Å²) in [6.45, 7) is 0. The Bertz CT molecular complexity index is 271. The zero-order valence-corrected chi connectivity index (χ0v) is 5.98. The van der Waals surface area contributed by atoms with Gasteiger partial charge in [0.05, 0.1) is 6.07 Å². The molecule has 0 aliphatic heterocycles. The van der Waals surface area contributed by atoms with Gasteiger partial charge in [-0.3, -0.25) is 0 Å². The normalized spacial score (nSPS) is 21.6. The summed E-state index contributed by atoms with van der Waals surface area (Å²) in [5, 5.41) is 13.0. The van der Waals surface area contributed by atoms with Gasteiger partial charge >= 0.3 is 0 Å². The minimum absolute atomic E-state index is 0.555. The van der Waals surface area contributed by atoms with Gasteiger partial charge in [0.1, 0.15) is 5.54 Å². The fraction of sp³-hybridized carbons (Fsp3) is 0.750. The molecule has 0 saturated heterocycles. The molecule has 56 valence electrons. The maximum atomic E-state index is 10.4. The number of nitrogens with two attached hydrogens (primary N) is 1. The smallest absolute Gasteiger partial charge is 0.216 e. The van der Waals surface area contributed by atoms with E-state index in [1.165, 1.54) is 0 Å². The van der Waals surface area contributed by atoms with Crippen LogP contribution in [0.4, 0.5) is 0 Å². The van der Waals surface area contributed by atoms with Crippen molar-refractivity contribution in [1.82, 2.24) is 4.72 Å². The van der Waals surface area contributed by atoms with Crippen molar-refractivity contribution in [1.29, 1.82) is 5.26 Å². The molecule has 1 saturated carbocycles. The van der Waals surface area contributed by atoms with Crippen molar-refractivity contribution < 1.29 is 8.42 Å². The number of nitriles is 1. The third-order valence-electron chi connectivity index (χ3n) is 1.30. The number of rotatable bonds is 2. The quantitative estimate of drug-likeness (QED) is 0.534. The third kappa shape index (κ3) is 1.67. The van der Waals surface area contributed by atoms with Crippen molar-refractivity contribution in [3.05, 3.63) is 0 Å². The minimum Gasteiger partial charge on any atom is -0.216 e. The Kier molecular flexibility index (Phi) is 1.43. The van der Waals surface area contributed by atoms with Crippen LogP contribution in [0.3, 0.4) is 0 Å². The van der Waals surface area contributed by atoms with Gasteiger partial charge in [0.2, 0.25) is 0 Å². The molecule has 1 aliphatic carbocycles. The molecule has 5 nitrogen and oxygen atoms in total. The molecule has 0 radical (unpaired) electrons. The van der Waals surface area contributed by atoms with E-state index in [0.29, 0.717) is 12.8 Å². The van der Waals surface area contributed by atoms with E-state index >= 15 is 0 Å². The second kappa shape index (κ2) is 1.92. The van der Waals surface area contributed by atoms with E-state index in [-0.39, 0.29) is 0 Å². The monoisotopic (exact) mass is 161 g/mol. The van der Waals surface area contributed by atoms with Crippen LogP contribution < -0.4 is 9.86 Å². The number of nitrogens with zero attached hydrogens (tertiary/aromatic N) is 1. The van der Waals surface area contributed by atoms with Crippen molar-refractivity contribution in [2.45, 2.75) is 18.4 Å². The molecule has 0 heterocycles. The summed E-state index contributed by atoms with van der Waals surface area (Å²) < 4.78 is 22.8. The maximum Gasteiger partial charge on any atom is 0.275 e. The Morgan fingerprint density at radius 3 is 2.20 bits per heavy atom. The zero-order valence-electron chi connectivity index (χ0n) is 5.16. The Morgan fingerprint density at radius 2 is 2.10 bits per heavy atom. The molecule has 0 unspecified atom stereocenters. The highest BCUT2D eigenvalue weighted by Gasteiger charge is 2.45. The van der Waals surface area contributed by atoms with Crippen LogP contribution in [-0.4, -0.2) is 14.0 Å². The Hall–Kier alpha value is -0.640. The lowest BCUT2D eigenvalue weighted by Crippen LogP contribution is -2.40. The molecule has 0 aromatic heterocycles. The van der Waals surface area contributed by atoms with Gasteiger partial charge in [-0.2, -0.15) is 18.4 Å². The summed E-state index contributed by atoms with van der Waals surface area (Å²) in [6.07, 6.45) is 1.11. The standard InChI is InChI=1S/C4H7N3O2S/c5-3-4(1-2-4)7-10(6,8)9/h7H,1-2H2,(H2,6,8,9). The van der Waals surface area contributed by atoms with E-state index < -0.39 is 15.7 Å². The molecule has 0 amide bonds. The first-order chi connectivity index (χ1) is 4.47. The lowest BCUT2D eigenvalue weighted by Gasteiger charge is -2.03. The van der Waals surface area contributed by atoms with Crippen molar-refractivity contribution in [2.24, 2.45) is 5.14 Å². The van der Waals surface area contributed by atoms with Gasteiger partial charge in [0, 0.05) is 0 Å². The summed E-state index contributed by atoms with van der Waals surface area (Å²) >= 11 is 0. The number of nitrogens with one attached hydrogen (secondary N) is 1. The molecule has 6 heteroatoms. The zero-order chi connectivity index (χ0) is 7.83. The third-order valence-corrected chi connectivity index (χ3v) is 1.98. The van der Waals surface area contributed by atoms with Crippen LogP contribution in [0, 0.1) is 11.3 Å². The van der Waals surface area contributed by atoms with E-state index in [0.717, 1.165) is 0 Å². The molecule has 0 bridgehead atoms. The van der Waals surface area contributed by atoms with Crippen LogP contribution in [0.15, 0.2) is 0 Å². The summed E-state index contributed by atoms with van der Waals surface area (Å²) in [5.41, 5.74) is -0.881. The van der Waals surface area contributed by atoms with E-state index in [1.54, 1.807) is 0 Å². The van der Waals surface area contributed by atoms with Gasteiger partial charge in [-0.05, 0) is 12.8 Å². The van der Waals surface area contributed by atoms with Gasteiger partial charge in [0.25, 0.3) is 10.2 Å². The molecule has 10 heavy (non-hydrogen) atoms. The first kappa shape index (κ1) is 7.47. The maximum absolute atomic E-state index is 10.4. The summed E-state index contributed by atoms with van der Waals surface area (Å²) in [5.74, 6) is 0. The van der Waals surface area contributed by atoms with E-state index in [4.69, 9.17) is 5.26 Å². The highest BCUT2D eigenvalue weighted by molar-refractivity contribution is 7.87. The van der Waals surface area contributed by atoms with Crippen molar-refractivity contribution >= 4 is 10.2 Å². The van der Waals surface area contributed by atoms with Crippen LogP contribution >= 0.6 is 0 Å². The predicted molar refractivity (Wildman–Crippen MR) is 33.8 cm³/mol. The molecular weight excluding hydrogens is 154 g/mol. The van der Waals surface area contributed by atoms with Crippen LogP contribution in [-0.2, 0) is 10.2 Å². The van der Waals surface area contributed by atoms with Crippen molar-refractivity contribution in [2.75, 3.05) is 0 Å². The fourth-order valence-electron chi connectivity index (χ4n) is 0.634. The highest BCUT2D eigenvalue weighted by atomic mass is 32.2. The number of hydrogen-bond acceptors (Lipinski definition) is 3. The van der Waals surface area contributed by atoms with Crippen LogP contribution in [0.25, 0.3) is 0 Å². The average molecular weight is 161 g/mol. The molecule has 1 aliphatic rings. The Balaban J connectivity index is 2.65. The van der Waals surface area contributed by atoms with Crippen LogP contribution in [0.2, 0.25) is 0 Å². The summed E-state index contributed by atoms with van der Waals surface area (Å²) in [6, 6.07) is 1.84. The topological polar surface area (TPSA) is 96.0 Å². The highest BCUT2D eigenvalue weighted by Crippen LogP contribution is 2.34. The first-order valence-corrected chi connectivity index (χ1v) is 4.25. The number of hydrogen-bond donors (Lipinski definition) is 2. The SMILES string of the molecule is N#CC1(NS(N)(=O)=O)CC1. The summed E-state index contributed by atoms with van der Waals surface area (Å²) in [4.78, 5) is 0. The van der Waals surface area contributed by atoms with E-state index in [1.807, 2.05) is 10.8 Å². The first-order valence-electron chi connectivity index (χ1n) is 2.70. The van der Waals surface area contributed by atoms with E-state index in [2.05, 4.69) is 5.14 Å². The molecule has 0 spiro atoms. The summed E-state index contributed by atoms with van der Waals surface area (Å²) in [7, 11) is -3.70. The molecule has 3 N–H and O–H groups in total. The molecule has 1 fully saturated rings. The van der Waals surface area contributed by atoms with Gasteiger partial charge in [0.15, 0.2) is 0 Å². The van der Waals surface area contributed by atoms with Crippen LogP contribution in [0.1, 0.15) is 12.8 Å². The lowest BCUT2D eigenvalue weighted by molar-refractivity contribution is 0.572. The second-order valence-electron chi connectivity index (χ2n) is 2.34. The minimum atomic E-state index is -3.70. The largest absolute Gasteiger partial charge is 0.275 e. The van der Waals surface area contributed by atoms with Gasteiger partial charge < -0.3 is 0 Å². The van der Waals surface area contributed by atoms with Crippen LogP contribution in [0.5, 0.6) is 0 Å². The lowest BCUT2D eigenvalue weighted by atomic mass is 10.3. The van der Waals surface area contributed by atoms with Gasteiger partial charge in [-0.15, -0.1) is 0 Å². The average Bonchev–Trinajstić information content (AvgIpc) is 2.45. The Labute approximate surface area is 59.0 Å². The molecule has 0 atom stereocenters. The molecule has 0 aromatic carbocycles. The van der Waals surface area contributed by atoms with Crippen molar-refractivity contribution in [3.8, 4) is 6.07 Å². The molecule has 1 rings (SSSR count). The molecular formula is C4H7N3O2S.